The van der Waals surface area contributed by atoms with Crippen LogP contribution in [0.5, 0.6) is 0 Å². The van der Waals surface area contributed by atoms with Crippen molar-refractivity contribution < 1.29 is 9.53 Å². The number of carbonyl (C=O) groups is 1. The highest BCUT2D eigenvalue weighted by Crippen LogP contribution is 2.29. The molecule has 0 aliphatic carbocycles. The van der Waals surface area contributed by atoms with Gasteiger partial charge in [-0.3, -0.25) is 0 Å². The van der Waals surface area contributed by atoms with Crippen LogP contribution in [-0.2, 0) is 4.74 Å². The maximum absolute atomic E-state index is 10.9. The first kappa shape index (κ1) is 15.8. The third-order valence-electron chi connectivity index (χ3n) is 2.56. The summed E-state index contributed by atoms with van der Waals surface area (Å²) in [5.41, 5.74) is 3.19. The first-order valence-corrected chi connectivity index (χ1v) is 6.66. The van der Waals surface area contributed by atoms with Gasteiger partial charge in [0.25, 0.3) is 0 Å². The minimum absolute atomic E-state index is 0.0203. The topological polar surface area (TPSA) is 50.7 Å². The molecule has 0 radical (unpaired) electrons. The largest absolute Gasteiger partial charge is 0.452 e. The number of rotatable bonds is 5. The van der Waals surface area contributed by atoms with Crippen LogP contribution in [0.25, 0.3) is 0 Å². The molecular weight excluding hydrogens is 287 g/mol. The summed E-state index contributed by atoms with van der Waals surface area (Å²) in [6.45, 7) is 2.07. The predicted molar refractivity (Wildman–Crippen MR) is 78.1 cm³/mol. The summed E-state index contributed by atoms with van der Waals surface area (Å²) >= 11 is 12.0. The van der Waals surface area contributed by atoms with E-state index in [9.17, 15) is 4.79 Å². The van der Waals surface area contributed by atoms with Crippen molar-refractivity contribution in [2.45, 2.75) is 25.7 Å². The van der Waals surface area contributed by atoms with Gasteiger partial charge in [0, 0.05) is 22.2 Å². The Kier molecular flexibility index (Phi) is 6.67. The number of hydrogen-bond acceptors (Lipinski definition) is 3. The lowest BCUT2D eigenvalue weighted by molar-refractivity contribution is 0.171. The molecular formula is C13H16Cl2N2O2. The van der Waals surface area contributed by atoms with Crippen molar-refractivity contribution in [3.8, 4) is 0 Å². The van der Waals surface area contributed by atoms with Gasteiger partial charge in [0.2, 0.25) is 0 Å². The summed E-state index contributed by atoms with van der Waals surface area (Å²) < 4.78 is 4.43. The second-order valence-electron chi connectivity index (χ2n) is 3.94. The molecule has 0 aliphatic rings. The van der Waals surface area contributed by atoms with E-state index in [4.69, 9.17) is 23.2 Å². The molecule has 19 heavy (non-hydrogen) atoms. The van der Waals surface area contributed by atoms with Crippen molar-refractivity contribution in [3.05, 3.63) is 33.8 Å². The Hall–Kier alpha value is -1.26. The zero-order chi connectivity index (χ0) is 14.3. The normalized spacial score (nSPS) is 12.4. The average Bonchev–Trinajstić information content (AvgIpc) is 2.38. The van der Waals surface area contributed by atoms with E-state index in [1.807, 2.05) is 6.07 Å². The smallest absolute Gasteiger partial charge is 0.427 e. The Balaban J connectivity index is 2.84. The van der Waals surface area contributed by atoms with Crippen molar-refractivity contribution in [1.82, 2.24) is 5.43 Å². The van der Waals surface area contributed by atoms with Gasteiger partial charge in [0.15, 0.2) is 0 Å². The lowest BCUT2D eigenvalue weighted by atomic mass is 9.96. The zero-order valence-electron chi connectivity index (χ0n) is 10.8. The number of ether oxygens (including phenoxy) is 1. The average molecular weight is 303 g/mol. The molecule has 1 atom stereocenters. The number of nitrogens with zero attached hydrogens (tertiary/aromatic N) is 1. The van der Waals surface area contributed by atoms with Gasteiger partial charge in [-0.1, -0.05) is 42.6 Å². The van der Waals surface area contributed by atoms with Crippen LogP contribution in [0.4, 0.5) is 4.79 Å². The van der Waals surface area contributed by atoms with E-state index in [2.05, 4.69) is 22.2 Å². The second-order valence-corrected chi connectivity index (χ2v) is 4.79. The molecule has 0 bridgehead atoms. The van der Waals surface area contributed by atoms with Crippen LogP contribution in [0, 0.1) is 0 Å². The van der Waals surface area contributed by atoms with Gasteiger partial charge in [0.05, 0.1) is 7.11 Å². The Morgan fingerprint density at radius 3 is 2.84 bits per heavy atom. The van der Waals surface area contributed by atoms with E-state index < -0.39 is 6.09 Å². The van der Waals surface area contributed by atoms with Crippen molar-refractivity contribution in [3.63, 3.8) is 0 Å². The summed E-state index contributed by atoms with van der Waals surface area (Å²) in [5.74, 6) is 0.0203. The fourth-order valence-electron chi connectivity index (χ4n) is 1.65. The highest BCUT2D eigenvalue weighted by atomic mass is 35.5. The van der Waals surface area contributed by atoms with Crippen LogP contribution in [0.15, 0.2) is 23.3 Å². The number of halogens is 2. The summed E-state index contributed by atoms with van der Waals surface area (Å²) in [7, 11) is 1.28. The lowest BCUT2D eigenvalue weighted by Gasteiger charge is -2.13. The molecule has 0 saturated carbocycles. The minimum atomic E-state index is -0.603. The Bertz CT molecular complexity index is 464. The number of hydrazone groups is 1. The molecule has 0 spiro atoms. The van der Waals surface area contributed by atoms with Crippen molar-refractivity contribution >= 4 is 35.5 Å². The molecule has 1 N–H and O–H groups in total. The van der Waals surface area contributed by atoms with E-state index in [1.165, 1.54) is 7.11 Å². The predicted octanol–water partition coefficient (Wildman–Crippen LogP) is 4.22. The van der Waals surface area contributed by atoms with Gasteiger partial charge in [-0.2, -0.15) is 5.10 Å². The fraction of sp³-hybridized carbons (Fsp3) is 0.385. The number of nitrogens with one attached hydrogen (secondary N) is 1. The van der Waals surface area contributed by atoms with Crippen LogP contribution >= 0.6 is 23.2 Å². The maximum atomic E-state index is 10.9. The number of amides is 1. The molecule has 4 nitrogen and oxygen atoms in total. The van der Waals surface area contributed by atoms with Crippen molar-refractivity contribution in [2.75, 3.05) is 7.11 Å². The van der Waals surface area contributed by atoms with E-state index >= 15 is 0 Å². The molecule has 0 saturated heterocycles. The van der Waals surface area contributed by atoms with E-state index in [0.717, 1.165) is 18.4 Å². The van der Waals surface area contributed by atoms with Crippen LogP contribution in [0.3, 0.4) is 0 Å². The quantitative estimate of drug-likeness (QED) is 0.654. The van der Waals surface area contributed by atoms with Crippen molar-refractivity contribution in [1.29, 1.82) is 0 Å². The monoisotopic (exact) mass is 302 g/mol. The van der Waals surface area contributed by atoms with Gasteiger partial charge >= 0.3 is 6.09 Å². The van der Waals surface area contributed by atoms with Crippen LogP contribution in [-0.4, -0.2) is 19.4 Å². The highest BCUT2D eigenvalue weighted by Gasteiger charge is 2.12. The fourth-order valence-corrected chi connectivity index (χ4v) is 2.20. The molecule has 1 amide bonds. The molecule has 104 valence electrons. The molecule has 6 heteroatoms. The first-order valence-electron chi connectivity index (χ1n) is 5.90. The maximum Gasteiger partial charge on any atom is 0.427 e. The molecule has 0 fully saturated rings. The number of methoxy groups -OCH3 is 1. The van der Waals surface area contributed by atoms with E-state index in [0.29, 0.717) is 10.0 Å². The van der Waals surface area contributed by atoms with Gasteiger partial charge in [-0.15, -0.1) is 0 Å². The van der Waals surface area contributed by atoms with Crippen LogP contribution in [0.1, 0.15) is 31.2 Å². The Labute approximate surface area is 122 Å². The minimum Gasteiger partial charge on any atom is -0.452 e. The van der Waals surface area contributed by atoms with Crippen molar-refractivity contribution in [2.24, 2.45) is 5.10 Å². The second kappa shape index (κ2) is 8.02. The van der Waals surface area contributed by atoms with E-state index in [-0.39, 0.29) is 5.92 Å². The first-order chi connectivity index (χ1) is 9.08. The number of benzene rings is 1. The molecule has 1 rings (SSSR count). The van der Waals surface area contributed by atoms with Gasteiger partial charge in [0.1, 0.15) is 0 Å². The summed E-state index contributed by atoms with van der Waals surface area (Å²) in [6.07, 6.45) is 2.88. The standard InChI is InChI=1S/C13H16Cl2N2O2/c1-3-4-9(8-16-17-13(18)19-2)11-6-5-10(14)7-12(11)15/h5-9H,3-4H2,1-2H3,(H,17,18)/b16-8+. The molecule has 0 aliphatic heterocycles. The van der Waals surface area contributed by atoms with Crippen LogP contribution < -0.4 is 5.43 Å². The number of carbonyl (C=O) groups excluding carboxylic acids is 1. The Morgan fingerprint density at radius 1 is 1.53 bits per heavy atom. The van der Waals surface area contributed by atoms with Gasteiger partial charge < -0.3 is 4.74 Å². The lowest BCUT2D eigenvalue weighted by Crippen LogP contribution is -2.17. The SMILES string of the molecule is CCCC(/C=N/NC(=O)OC)c1ccc(Cl)cc1Cl. The molecule has 1 aromatic rings. The van der Waals surface area contributed by atoms with Crippen LogP contribution in [0.2, 0.25) is 10.0 Å². The third kappa shape index (κ3) is 5.09. The molecule has 1 aromatic carbocycles. The molecule has 0 heterocycles. The van der Waals surface area contributed by atoms with E-state index in [1.54, 1.807) is 18.3 Å². The van der Waals surface area contributed by atoms with Gasteiger partial charge in [-0.05, 0) is 24.1 Å². The summed E-state index contributed by atoms with van der Waals surface area (Å²) in [5, 5.41) is 5.04. The Morgan fingerprint density at radius 2 is 2.26 bits per heavy atom. The third-order valence-corrected chi connectivity index (χ3v) is 3.12. The highest BCUT2D eigenvalue weighted by molar-refractivity contribution is 6.35. The molecule has 1 unspecified atom stereocenters. The molecule has 0 aromatic heterocycles. The summed E-state index contributed by atoms with van der Waals surface area (Å²) in [6, 6.07) is 5.35. The zero-order valence-corrected chi connectivity index (χ0v) is 12.3. The van der Waals surface area contributed by atoms with Gasteiger partial charge in [-0.25, -0.2) is 10.2 Å². The number of hydrogen-bond donors (Lipinski definition) is 1. The summed E-state index contributed by atoms with van der Waals surface area (Å²) in [4.78, 5) is 10.9.